The lowest BCUT2D eigenvalue weighted by atomic mass is 10.2. The predicted molar refractivity (Wildman–Crippen MR) is 135 cm³/mol. The Kier molecular flexibility index (Phi) is 7.54. The Hall–Kier alpha value is -3.60. The molecule has 0 unspecified atom stereocenters. The Balaban J connectivity index is 1.67. The van der Waals surface area contributed by atoms with Gasteiger partial charge in [-0.2, -0.15) is 0 Å². The molecule has 0 amide bonds. The van der Waals surface area contributed by atoms with E-state index in [4.69, 9.17) is 16.0 Å². The van der Waals surface area contributed by atoms with Crippen LogP contribution >= 0.6 is 35.1 Å². The fraction of sp³-hybridized carbons (Fsp3) is 0.0417. The van der Waals surface area contributed by atoms with E-state index in [1.807, 2.05) is 31.2 Å². The van der Waals surface area contributed by atoms with E-state index in [-0.39, 0.29) is 21.7 Å². The van der Waals surface area contributed by atoms with Crippen LogP contribution in [0.5, 0.6) is 0 Å². The van der Waals surface area contributed by atoms with Crippen molar-refractivity contribution in [3.05, 3.63) is 97.9 Å². The summed E-state index contributed by atoms with van der Waals surface area (Å²) in [4.78, 5) is 24.3. The molecular formula is C24H16ClN3O5S2. The van der Waals surface area contributed by atoms with E-state index in [0.717, 1.165) is 22.2 Å². The zero-order valence-electron chi connectivity index (χ0n) is 18.0. The number of aryl methyl sites for hydroxylation is 1. The number of nitro benzene ring substituents is 1. The second kappa shape index (κ2) is 10.8. The third kappa shape index (κ3) is 6.30. The predicted octanol–water partition coefficient (Wildman–Crippen LogP) is 6.98. The summed E-state index contributed by atoms with van der Waals surface area (Å²) in [7, 11) is 0. The van der Waals surface area contributed by atoms with Crippen molar-refractivity contribution in [3.8, 4) is 11.5 Å². The van der Waals surface area contributed by atoms with Gasteiger partial charge in [0.2, 0.25) is 5.89 Å². The second-order valence-corrected chi connectivity index (χ2v) is 9.74. The van der Waals surface area contributed by atoms with Gasteiger partial charge in [-0.05, 0) is 72.8 Å². The van der Waals surface area contributed by atoms with Gasteiger partial charge in [-0.15, -0.1) is 10.2 Å². The molecule has 3 aromatic carbocycles. The third-order valence-electron chi connectivity index (χ3n) is 4.65. The monoisotopic (exact) mass is 525 g/mol. The topological polar surface area (TPSA) is 119 Å². The number of carboxylic acid groups (broad SMARTS) is 1. The third-order valence-corrected chi connectivity index (χ3v) is 6.85. The highest BCUT2D eigenvalue weighted by atomic mass is 35.5. The number of hydrogen-bond acceptors (Lipinski definition) is 8. The number of nitro groups is 1. The number of aliphatic carboxylic acids is 1. The SMILES string of the molecule is Cc1ccc(Sc2ccc([N+](=O)[O-])cc2/C=C(/Sc2nnc(-c3ccc(Cl)cc3)o2)C(=O)O)cc1. The lowest BCUT2D eigenvalue weighted by molar-refractivity contribution is -0.384. The zero-order valence-corrected chi connectivity index (χ0v) is 20.4. The number of non-ortho nitro benzene ring substituents is 1. The van der Waals surface area contributed by atoms with Gasteiger partial charge in [-0.3, -0.25) is 10.1 Å². The summed E-state index contributed by atoms with van der Waals surface area (Å²) in [6, 6.07) is 18.8. The summed E-state index contributed by atoms with van der Waals surface area (Å²) >= 11 is 8.03. The van der Waals surface area contributed by atoms with Crippen molar-refractivity contribution < 1.29 is 19.2 Å². The minimum Gasteiger partial charge on any atom is -0.477 e. The largest absolute Gasteiger partial charge is 0.477 e. The molecular weight excluding hydrogens is 510 g/mol. The first-order valence-electron chi connectivity index (χ1n) is 10.0. The van der Waals surface area contributed by atoms with Gasteiger partial charge in [0.05, 0.1) is 4.92 Å². The fourth-order valence-electron chi connectivity index (χ4n) is 2.92. The number of benzene rings is 3. The lowest BCUT2D eigenvalue weighted by Crippen LogP contribution is -1.98. The van der Waals surface area contributed by atoms with Crippen molar-refractivity contribution in [3.63, 3.8) is 0 Å². The van der Waals surface area contributed by atoms with E-state index in [9.17, 15) is 20.0 Å². The quantitative estimate of drug-likeness (QED) is 0.112. The molecule has 0 atom stereocenters. The number of carboxylic acids is 1. The van der Waals surface area contributed by atoms with E-state index in [2.05, 4.69) is 10.2 Å². The van der Waals surface area contributed by atoms with Crippen LogP contribution in [0.4, 0.5) is 5.69 Å². The average Bonchev–Trinajstić information content (AvgIpc) is 3.30. The van der Waals surface area contributed by atoms with Crippen molar-refractivity contribution in [1.29, 1.82) is 0 Å². The maximum absolute atomic E-state index is 12.0. The van der Waals surface area contributed by atoms with E-state index in [1.165, 1.54) is 30.0 Å². The first-order valence-corrected chi connectivity index (χ1v) is 12.0. The van der Waals surface area contributed by atoms with Gasteiger partial charge in [0, 0.05) is 32.5 Å². The van der Waals surface area contributed by atoms with Crippen molar-refractivity contribution in [2.45, 2.75) is 21.9 Å². The minimum absolute atomic E-state index is 0.0155. The number of carbonyl (C=O) groups is 1. The Bertz CT molecular complexity index is 1420. The zero-order chi connectivity index (χ0) is 24.9. The highest BCUT2D eigenvalue weighted by Crippen LogP contribution is 2.36. The Morgan fingerprint density at radius 3 is 2.46 bits per heavy atom. The smallest absolute Gasteiger partial charge is 0.342 e. The van der Waals surface area contributed by atoms with Crippen LogP contribution in [0.1, 0.15) is 11.1 Å². The van der Waals surface area contributed by atoms with Crippen LogP contribution in [0.2, 0.25) is 5.02 Å². The van der Waals surface area contributed by atoms with E-state index < -0.39 is 10.9 Å². The molecule has 0 saturated carbocycles. The normalized spacial score (nSPS) is 11.4. The number of hydrogen-bond donors (Lipinski definition) is 1. The molecule has 0 fully saturated rings. The fourth-order valence-corrected chi connectivity index (χ4v) is 4.61. The van der Waals surface area contributed by atoms with Crippen LogP contribution < -0.4 is 0 Å². The van der Waals surface area contributed by atoms with Crippen LogP contribution in [0.25, 0.3) is 17.5 Å². The molecule has 35 heavy (non-hydrogen) atoms. The van der Waals surface area contributed by atoms with Crippen molar-refractivity contribution in [1.82, 2.24) is 10.2 Å². The van der Waals surface area contributed by atoms with Gasteiger partial charge < -0.3 is 9.52 Å². The summed E-state index contributed by atoms with van der Waals surface area (Å²) in [6.45, 7) is 1.97. The first kappa shape index (κ1) is 24.5. The molecule has 0 spiro atoms. The van der Waals surface area contributed by atoms with E-state index in [1.54, 1.807) is 30.3 Å². The average molecular weight is 526 g/mol. The van der Waals surface area contributed by atoms with Crippen molar-refractivity contribution in [2.24, 2.45) is 0 Å². The molecule has 0 aliphatic carbocycles. The van der Waals surface area contributed by atoms with Gasteiger partial charge in [-0.1, -0.05) is 41.1 Å². The van der Waals surface area contributed by atoms with E-state index >= 15 is 0 Å². The first-order chi connectivity index (χ1) is 16.8. The van der Waals surface area contributed by atoms with Crippen molar-refractivity contribution >= 4 is 52.9 Å². The van der Waals surface area contributed by atoms with Crippen LogP contribution in [0.3, 0.4) is 0 Å². The number of thioether (sulfide) groups is 1. The minimum atomic E-state index is -1.24. The molecule has 8 nitrogen and oxygen atoms in total. The Morgan fingerprint density at radius 1 is 1.09 bits per heavy atom. The number of aromatic nitrogens is 2. The highest BCUT2D eigenvalue weighted by molar-refractivity contribution is 8.03. The second-order valence-electron chi connectivity index (χ2n) is 7.19. The summed E-state index contributed by atoms with van der Waals surface area (Å²) in [6.07, 6.45) is 1.36. The number of nitrogens with zero attached hydrogens (tertiary/aromatic N) is 3. The highest BCUT2D eigenvalue weighted by Gasteiger charge is 2.18. The summed E-state index contributed by atoms with van der Waals surface area (Å²) in [5.41, 5.74) is 1.96. The molecule has 1 aromatic heterocycles. The molecule has 4 rings (SSSR count). The molecule has 11 heteroatoms. The maximum atomic E-state index is 12.0. The summed E-state index contributed by atoms with van der Waals surface area (Å²) in [5.74, 6) is -1.03. The number of rotatable bonds is 8. The standard InChI is InChI=1S/C24H16ClN3O5S2/c1-14-2-9-19(10-3-14)34-20-11-8-18(28(31)32)12-16(20)13-21(23(29)30)35-24-27-26-22(33-24)15-4-6-17(25)7-5-15/h2-13H,1H3,(H,29,30)/b21-13+. The van der Waals surface area contributed by atoms with E-state index in [0.29, 0.717) is 21.0 Å². The van der Waals surface area contributed by atoms with Crippen LogP contribution in [0.15, 0.2) is 91.1 Å². The van der Waals surface area contributed by atoms with Gasteiger partial charge in [-0.25, -0.2) is 4.79 Å². The van der Waals surface area contributed by atoms with Gasteiger partial charge in [0.15, 0.2) is 0 Å². The summed E-state index contributed by atoms with van der Waals surface area (Å²) in [5, 5.41) is 29.6. The molecule has 176 valence electrons. The van der Waals surface area contributed by atoms with Crippen LogP contribution in [-0.2, 0) is 4.79 Å². The maximum Gasteiger partial charge on any atom is 0.342 e. The molecule has 1 heterocycles. The van der Waals surface area contributed by atoms with Crippen LogP contribution in [0, 0.1) is 17.0 Å². The molecule has 0 saturated heterocycles. The Morgan fingerprint density at radius 2 is 1.80 bits per heavy atom. The molecule has 0 aliphatic rings. The summed E-state index contributed by atoms with van der Waals surface area (Å²) < 4.78 is 5.61. The Labute approximate surface area is 213 Å². The van der Waals surface area contributed by atoms with Gasteiger partial charge in [0.1, 0.15) is 4.91 Å². The molecule has 4 aromatic rings. The van der Waals surface area contributed by atoms with Crippen LogP contribution in [-0.4, -0.2) is 26.2 Å². The molecule has 1 N–H and O–H groups in total. The van der Waals surface area contributed by atoms with Gasteiger partial charge in [0.25, 0.3) is 10.9 Å². The number of halogens is 1. The van der Waals surface area contributed by atoms with Gasteiger partial charge >= 0.3 is 5.97 Å². The lowest BCUT2D eigenvalue weighted by Gasteiger charge is -2.08. The molecule has 0 radical (unpaired) electrons. The van der Waals surface area contributed by atoms with Crippen molar-refractivity contribution in [2.75, 3.05) is 0 Å². The molecule has 0 aliphatic heterocycles. The molecule has 0 bridgehead atoms.